The van der Waals surface area contributed by atoms with Gasteiger partial charge >= 0.3 is 6.09 Å². The highest BCUT2D eigenvalue weighted by molar-refractivity contribution is 6.30. The molecule has 0 aliphatic rings. The molecule has 11 nitrogen and oxygen atoms in total. The van der Waals surface area contributed by atoms with E-state index in [4.69, 9.17) is 11.6 Å². The van der Waals surface area contributed by atoms with Gasteiger partial charge in [-0.1, -0.05) is 54.1 Å². The zero-order valence-electron chi connectivity index (χ0n) is 23.3. The topological polar surface area (TPSA) is 137 Å². The predicted octanol–water partition coefficient (Wildman–Crippen LogP) is 5.37. The zero-order valence-corrected chi connectivity index (χ0v) is 24.1. The molecule has 12 heteroatoms. The predicted molar refractivity (Wildman–Crippen MR) is 162 cm³/mol. The fourth-order valence-electron chi connectivity index (χ4n) is 4.44. The third-order valence-electron chi connectivity index (χ3n) is 6.58. The Balaban J connectivity index is 1.42. The third-order valence-corrected chi connectivity index (χ3v) is 6.82. The number of hydrogen-bond acceptors (Lipinski definition) is 8. The fraction of sp³-hybridized carbons (Fsp3) is 0.129. The first-order valence-corrected chi connectivity index (χ1v) is 13.6. The van der Waals surface area contributed by atoms with Crippen molar-refractivity contribution < 1.29 is 14.3 Å². The Morgan fingerprint density at radius 3 is 2.53 bits per heavy atom. The lowest BCUT2D eigenvalue weighted by molar-refractivity contribution is -0.117. The number of carbonyl (C=O) groups excluding carboxylic acids is 2. The van der Waals surface area contributed by atoms with Crippen LogP contribution in [0, 0.1) is 6.92 Å². The molecule has 0 aliphatic heterocycles. The Morgan fingerprint density at radius 2 is 1.81 bits per heavy atom. The molecule has 5 aromatic rings. The Labute approximate surface area is 252 Å². The number of nitrogens with one attached hydrogen (secondary N) is 2. The highest BCUT2D eigenvalue weighted by Crippen LogP contribution is 2.27. The molecule has 43 heavy (non-hydrogen) atoms. The Morgan fingerprint density at radius 1 is 1.02 bits per heavy atom. The smallest absolute Gasteiger partial charge is 0.411 e. The lowest BCUT2D eigenvalue weighted by atomic mass is 9.98. The van der Waals surface area contributed by atoms with Gasteiger partial charge in [-0.15, -0.1) is 5.10 Å². The summed E-state index contributed by atoms with van der Waals surface area (Å²) in [5, 5.41) is 26.4. The van der Waals surface area contributed by atoms with E-state index >= 15 is 0 Å². The average Bonchev–Trinajstić information content (AvgIpc) is 3.56. The van der Waals surface area contributed by atoms with Crippen LogP contribution in [-0.4, -0.2) is 49.5 Å². The molecule has 0 aliphatic carbocycles. The first-order valence-electron chi connectivity index (χ1n) is 13.2. The molecule has 2 aromatic heterocycles. The Bertz CT molecular complexity index is 1740. The number of ether oxygens (including phenoxy) is 1. The Hall–Kier alpha value is -5.42. The number of amides is 2. The molecule has 2 N–H and O–H groups in total. The van der Waals surface area contributed by atoms with Crippen molar-refractivity contribution in [3.63, 3.8) is 0 Å². The van der Waals surface area contributed by atoms with Gasteiger partial charge in [-0.05, 0) is 77.4 Å². The molecule has 5 rings (SSSR count). The van der Waals surface area contributed by atoms with Gasteiger partial charge in [-0.3, -0.25) is 10.1 Å². The van der Waals surface area contributed by atoms with Gasteiger partial charge in [0.1, 0.15) is 6.33 Å². The lowest BCUT2D eigenvalue weighted by Crippen LogP contribution is -2.29. The minimum Gasteiger partial charge on any atom is -0.453 e. The number of carbonyl (C=O) groups is 2. The highest BCUT2D eigenvalue weighted by Gasteiger charge is 2.19. The summed E-state index contributed by atoms with van der Waals surface area (Å²) in [6.45, 7) is 1.87. The van der Waals surface area contributed by atoms with Gasteiger partial charge in [-0.25, -0.2) is 4.79 Å². The van der Waals surface area contributed by atoms with Crippen LogP contribution in [0.3, 0.4) is 0 Å². The number of halogens is 1. The molecule has 0 saturated carbocycles. The molecule has 2 heterocycles. The second kappa shape index (κ2) is 13.5. The van der Waals surface area contributed by atoms with Crippen LogP contribution >= 0.6 is 11.6 Å². The summed E-state index contributed by atoms with van der Waals surface area (Å²) in [6, 6.07) is 23.8. The zero-order chi connectivity index (χ0) is 30.2. The van der Waals surface area contributed by atoms with Crippen molar-refractivity contribution in [1.82, 2.24) is 35.7 Å². The van der Waals surface area contributed by atoms with Crippen molar-refractivity contribution in [2.75, 3.05) is 12.4 Å². The second-order valence-electron chi connectivity index (χ2n) is 9.50. The molecule has 0 radical (unpaired) electrons. The van der Waals surface area contributed by atoms with Crippen molar-refractivity contribution in [2.45, 2.75) is 19.4 Å². The molecule has 0 saturated heterocycles. The summed E-state index contributed by atoms with van der Waals surface area (Å²) >= 11 is 6.23. The summed E-state index contributed by atoms with van der Waals surface area (Å²) < 4.78 is 6.15. The van der Waals surface area contributed by atoms with Crippen molar-refractivity contribution in [3.05, 3.63) is 119 Å². The summed E-state index contributed by atoms with van der Waals surface area (Å²) in [7, 11) is 1.31. The van der Waals surface area contributed by atoms with E-state index in [1.54, 1.807) is 36.4 Å². The van der Waals surface area contributed by atoms with Crippen LogP contribution in [-0.2, 0) is 16.0 Å². The van der Waals surface area contributed by atoms with Gasteiger partial charge in [0, 0.05) is 27.9 Å². The van der Waals surface area contributed by atoms with E-state index in [9.17, 15) is 9.59 Å². The van der Waals surface area contributed by atoms with E-state index in [2.05, 4.69) is 41.1 Å². The van der Waals surface area contributed by atoms with E-state index in [1.807, 2.05) is 55.5 Å². The maximum atomic E-state index is 13.3. The van der Waals surface area contributed by atoms with Crippen molar-refractivity contribution in [1.29, 1.82) is 0 Å². The van der Waals surface area contributed by atoms with Gasteiger partial charge in [-0.2, -0.15) is 14.9 Å². The standard InChI is InChI=1S/C31H27ClN8O3/c1-20-26(22-8-12-25(13-9-22)34-31(42)43-2)18-28(37-36-20)27(16-21-6-4-3-5-7-21)35-30(41)15-10-23-17-24(32)11-14-29(23)40-19-33-38-39-40/h3-15,17-19,27H,16H2,1-2H3,(H,34,42)(H,35,41). The normalized spacial score (nSPS) is 11.7. The molecule has 216 valence electrons. The quantitative estimate of drug-likeness (QED) is 0.217. The number of benzene rings is 3. The van der Waals surface area contributed by atoms with E-state index < -0.39 is 12.1 Å². The number of methoxy groups -OCH3 is 1. The SMILES string of the molecule is COC(=O)Nc1ccc(-c2cc(C(Cc3ccccc3)NC(=O)C=Cc3cc(Cl)ccc3-n3cnnn3)nnc2C)cc1. The largest absolute Gasteiger partial charge is 0.453 e. The summed E-state index contributed by atoms with van der Waals surface area (Å²) in [6.07, 6.45) is 4.51. The van der Waals surface area contributed by atoms with Crippen LogP contribution in [0.4, 0.5) is 10.5 Å². The first-order chi connectivity index (χ1) is 20.9. The van der Waals surface area contributed by atoms with Crippen molar-refractivity contribution in [2.24, 2.45) is 0 Å². The summed E-state index contributed by atoms with van der Waals surface area (Å²) in [4.78, 5) is 24.8. The molecule has 2 amide bonds. The van der Waals surface area contributed by atoms with Crippen molar-refractivity contribution >= 4 is 35.4 Å². The number of nitrogens with zero attached hydrogens (tertiary/aromatic N) is 6. The molecular formula is C31H27ClN8O3. The van der Waals surface area contributed by atoms with Gasteiger partial charge in [0.05, 0.1) is 30.2 Å². The molecule has 1 atom stereocenters. The summed E-state index contributed by atoms with van der Waals surface area (Å²) in [5.74, 6) is -0.328. The molecular weight excluding hydrogens is 568 g/mol. The Kier molecular flexibility index (Phi) is 9.13. The van der Waals surface area contributed by atoms with E-state index in [1.165, 1.54) is 24.2 Å². The first kappa shape index (κ1) is 29.1. The molecule has 0 fully saturated rings. The minimum absolute atomic E-state index is 0.328. The maximum Gasteiger partial charge on any atom is 0.411 e. The van der Waals surface area contributed by atoms with Crippen molar-refractivity contribution in [3.8, 4) is 16.8 Å². The fourth-order valence-corrected chi connectivity index (χ4v) is 4.62. The monoisotopic (exact) mass is 594 g/mol. The van der Waals surface area contributed by atoms with Gasteiger partial charge in [0.15, 0.2) is 0 Å². The number of aryl methyl sites for hydroxylation is 1. The number of hydrogen-bond donors (Lipinski definition) is 2. The van der Waals surface area contributed by atoms with Crippen LogP contribution in [0.1, 0.15) is 28.6 Å². The number of tetrazole rings is 1. The van der Waals surface area contributed by atoms with Crippen LogP contribution in [0.25, 0.3) is 22.9 Å². The average molecular weight is 595 g/mol. The van der Waals surface area contributed by atoms with Crippen LogP contribution in [0.5, 0.6) is 0 Å². The van der Waals surface area contributed by atoms with Crippen LogP contribution < -0.4 is 10.6 Å². The molecule has 3 aromatic carbocycles. The van der Waals surface area contributed by atoms with E-state index in [0.717, 1.165) is 22.4 Å². The number of rotatable bonds is 9. The van der Waals surface area contributed by atoms with Gasteiger partial charge < -0.3 is 10.1 Å². The summed E-state index contributed by atoms with van der Waals surface area (Å²) in [5.41, 5.74) is 6.00. The third kappa shape index (κ3) is 7.46. The van der Waals surface area contributed by atoms with E-state index in [-0.39, 0.29) is 5.91 Å². The number of anilines is 1. The minimum atomic E-state index is -0.549. The molecule has 1 unspecified atom stereocenters. The van der Waals surface area contributed by atoms with Gasteiger partial charge in [0.2, 0.25) is 5.91 Å². The molecule has 0 bridgehead atoms. The van der Waals surface area contributed by atoms with Crippen LogP contribution in [0.15, 0.2) is 91.3 Å². The molecule has 0 spiro atoms. The van der Waals surface area contributed by atoms with Crippen LogP contribution in [0.2, 0.25) is 5.02 Å². The van der Waals surface area contributed by atoms with E-state index in [0.29, 0.717) is 34.1 Å². The maximum absolute atomic E-state index is 13.3. The van der Waals surface area contributed by atoms with Gasteiger partial charge in [0.25, 0.3) is 0 Å². The highest BCUT2D eigenvalue weighted by atomic mass is 35.5. The second-order valence-corrected chi connectivity index (χ2v) is 9.94. The number of aromatic nitrogens is 6. The lowest BCUT2D eigenvalue weighted by Gasteiger charge is -2.19.